The summed E-state index contributed by atoms with van der Waals surface area (Å²) in [6.07, 6.45) is 4.22. The Morgan fingerprint density at radius 2 is 2.15 bits per heavy atom. The number of allylic oxidation sites excluding steroid dienone is 2. The smallest absolute Gasteiger partial charge is 0.332 e. The van der Waals surface area contributed by atoms with Crippen molar-refractivity contribution in [2.45, 2.75) is 6.04 Å². The van der Waals surface area contributed by atoms with Gasteiger partial charge in [0.15, 0.2) is 0 Å². The molecule has 5 heteroatoms. The van der Waals surface area contributed by atoms with E-state index in [4.69, 9.17) is 10.2 Å². The predicted octanol–water partition coefficient (Wildman–Crippen LogP) is -0.390. The van der Waals surface area contributed by atoms with Crippen LogP contribution in [-0.2, 0) is 9.59 Å². The van der Waals surface area contributed by atoms with Gasteiger partial charge in [0.2, 0.25) is 0 Å². The zero-order valence-electron chi connectivity index (χ0n) is 6.73. The van der Waals surface area contributed by atoms with E-state index in [2.05, 4.69) is 5.32 Å². The van der Waals surface area contributed by atoms with Crippen molar-refractivity contribution in [3.05, 3.63) is 23.8 Å². The molecule has 0 aromatic carbocycles. The molecule has 0 fully saturated rings. The van der Waals surface area contributed by atoms with Gasteiger partial charge in [-0.25, -0.2) is 4.79 Å². The highest BCUT2D eigenvalue weighted by Gasteiger charge is 2.17. The predicted molar refractivity (Wildman–Crippen MR) is 44.3 cm³/mol. The van der Waals surface area contributed by atoms with Crippen LogP contribution < -0.4 is 5.32 Å². The molecule has 1 unspecified atom stereocenters. The van der Waals surface area contributed by atoms with Crippen molar-refractivity contribution in [2.24, 2.45) is 0 Å². The fourth-order valence-corrected chi connectivity index (χ4v) is 0.946. The molecule has 0 saturated heterocycles. The molecule has 0 aliphatic carbocycles. The van der Waals surface area contributed by atoms with Crippen molar-refractivity contribution in [2.75, 3.05) is 6.54 Å². The van der Waals surface area contributed by atoms with Gasteiger partial charge in [-0.2, -0.15) is 0 Å². The average Bonchev–Trinajstić information content (AvgIpc) is 2.27. The molecule has 1 aliphatic heterocycles. The lowest BCUT2D eigenvalue weighted by Crippen LogP contribution is -2.36. The summed E-state index contributed by atoms with van der Waals surface area (Å²) in [7, 11) is 0. The lowest BCUT2D eigenvalue weighted by atomic mass is 10.2. The molecule has 0 bridgehead atoms. The molecule has 0 radical (unpaired) electrons. The molecule has 1 heterocycles. The van der Waals surface area contributed by atoms with Gasteiger partial charge in [0, 0.05) is 6.54 Å². The molecular weight excluding hydrogens is 174 g/mol. The molecule has 70 valence electrons. The Labute approximate surface area is 74.4 Å². The second kappa shape index (κ2) is 3.86. The number of rotatable bonds is 2. The summed E-state index contributed by atoms with van der Waals surface area (Å²) >= 11 is 0. The molecule has 0 aromatic rings. The van der Waals surface area contributed by atoms with E-state index in [-0.39, 0.29) is 12.1 Å². The van der Waals surface area contributed by atoms with Crippen LogP contribution in [0.4, 0.5) is 0 Å². The van der Waals surface area contributed by atoms with Gasteiger partial charge < -0.3 is 10.2 Å². The third kappa shape index (κ3) is 2.41. The number of carbonyl (C=O) groups is 2. The molecule has 0 amide bonds. The highest BCUT2D eigenvalue weighted by atomic mass is 16.4. The van der Waals surface area contributed by atoms with Crippen molar-refractivity contribution < 1.29 is 19.8 Å². The van der Waals surface area contributed by atoms with Gasteiger partial charge in [0.25, 0.3) is 0 Å². The van der Waals surface area contributed by atoms with E-state index < -0.39 is 18.0 Å². The Balaban J connectivity index is 2.68. The molecule has 1 atom stereocenters. The van der Waals surface area contributed by atoms with Crippen LogP contribution in [0, 0.1) is 0 Å². The number of carboxylic acid groups (broad SMARTS) is 2. The van der Waals surface area contributed by atoms with Gasteiger partial charge in [0.05, 0.1) is 5.57 Å². The van der Waals surface area contributed by atoms with Crippen LogP contribution in [0.25, 0.3) is 0 Å². The number of aliphatic carboxylic acids is 2. The second-order valence-electron chi connectivity index (χ2n) is 2.58. The van der Waals surface area contributed by atoms with Gasteiger partial charge in [-0.1, -0.05) is 18.2 Å². The van der Waals surface area contributed by atoms with E-state index in [0.717, 1.165) is 0 Å². The first-order valence-corrected chi connectivity index (χ1v) is 3.68. The highest BCUT2D eigenvalue weighted by Crippen LogP contribution is 2.01. The van der Waals surface area contributed by atoms with Crippen molar-refractivity contribution in [3.63, 3.8) is 0 Å². The summed E-state index contributed by atoms with van der Waals surface area (Å²) in [5, 5.41) is 19.8. The minimum atomic E-state index is -1.04. The maximum atomic E-state index is 10.5. The Bertz CT molecular complexity index is 293. The highest BCUT2D eigenvalue weighted by molar-refractivity contribution is 5.88. The van der Waals surface area contributed by atoms with Gasteiger partial charge in [-0.15, -0.1) is 0 Å². The number of nitrogens with one attached hydrogen (secondary N) is 1. The second-order valence-corrected chi connectivity index (χ2v) is 2.58. The Morgan fingerprint density at radius 1 is 1.46 bits per heavy atom. The summed E-state index contributed by atoms with van der Waals surface area (Å²) in [4.78, 5) is 21.0. The summed E-state index contributed by atoms with van der Waals surface area (Å²) in [5.74, 6) is -2.06. The summed E-state index contributed by atoms with van der Waals surface area (Å²) in [5.41, 5.74) is 0.153. The number of carboxylic acids is 2. The lowest BCUT2D eigenvalue weighted by molar-refractivity contribution is -0.138. The van der Waals surface area contributed by atoms with Crippen LogP contribution in [0.5, 0.6) is 0 Å². The number of hydrogen-bond acceptors (Lipinski definition) is 3. The molecule has 0 saturated carbocycles. The molecule has 3 N–H and O–H groups in total. The van der Waals surface area contributed by atoms with Crippen LogP contribution in [0.15, 0.2) is 23.8 Å². The van der Waals surface area contributed by atoms with E-state index in [9.17, 15) is 9.59 Å². The van der Waals surface area contributed by atoms with E-state index in [1.54, 1.807) is 0 Å². The minimum absolute atomic E-state index is 0.0549. The van der Waals surface area contributed by atoms with Crippen molar-refractivity contribution in [1.29, 1.82) is 0 Å². The van der Waals surface area contributed by atoms with E-state index in [1.807, 2.05) is 0 Å². The number of hydrogen-bond donors (Lipinski definition) is 3. The molecule has 13 heavy (non-hydrogen) atoms. The maximum Gasteiger partial charge on any atom is 0.332 e. The Morgan fingerprint density at radius 3 is 2.69 bits per heavy atom. The normalized spacial score (nSPS) is 21.8. The van der Waals surface area contributed by atoms with Crippen LogP contribution in [-0.4, -0.2) is 34.7 Å². The van der Waals surface area contributed by atoms with E-state index >= 15 is 0 Å². The van der Waals surface area contributed by atoms with Crippen LogP contribution in [0.2, 0.25) is 0 Å². The monoisotopic (exact) mass is 183 g/mol. The van der Waals surface area contributed by atoms with Crippen molar-refractivity contribution in [3.8, 4) is 0 Å². The standard InChI is InChI=1S/C8H9NO4/c10-7(11)5-2-1-3-6(8(12)13)9-4-5/h1-3,6,9H,4H2,(H,10,11)(H,12,13). The first-order chi connectivity index (χ1) is 6.11. The maximum absolute atomic E-state index is 10.5. The van der Waals surface area contributed by atoms with Crippen LogP contribution >= 0.6 is 0 Å². The quantitative estimate of drug-likeness (QED) is 0.542. The summed E-state index contributed by atoms with van der Waals surface area (Å²) < 4.78 is 0. The summed E-state index contributed by atoms with van der Waals surface area (Å²) in [6.45, 7) is 0.0549. The van der Waals surface area contributed by atoms with Gasteiger partial charge in [0.1, 0.15) is 6.04 Å². The first-order valence-electron chi connectivity index (χ1n) is 3.68. The van der Waals surface area contributed by atoms with Crippen molar-refractivity contribution in [1.82, 2.24) is 5.32 Å². The molecular formula is C8H9NO4. The largest absolute Gasteiger partial charge is 0.480 e. The fourth-order valence-electron chi connectivity index (χ4n) is 0.946. The SMILES string of the molecule is O=C(O)C1=CC=CC(C(=O)O)NC1. The minimum Gasteiger partial charge on any atom is -0.480 e. The van der Waals surface area contributed by atoms with Gasteiger partial charge in [-0.3, -0.25) is 10.1 Å². The van der Waals surface area contributed by atoms with Gasteiger partial charge >= 0.3 is 11.9 Å². The lowest BCUT2D eigenvalue weighted by Gasteiger charge is -2.07. The van der Waals surface area contributed by atoms with Crippen LogP contribution in [0.1, 0.15) is 0 Å². The van der Waals surface area contributed by atoms with E-state index in [0.29, 0.717) is 0 Å². The zero-order valence-corrected chi connectivity index (χ0v) is 6.73. The van der Waals surface area contributed by atoms with E-state index in [1.165, 1.54) is 18.2 Å². The fraction of sp³-hybridized carbons (Fsp3) is 0.250. The van der Waals surface area contributed by atoms with Crippen molar-refractivity contribution >= 4 is 11.9 Å². The van der Waals surface area contributed by atoms with Crippen LogP contribution in [0.3, 0.4) is 0 Å². The first kappa shape index (κ1) is 9.47. The molecule has 0 spiro atoms. The van der Waals surface area contributed by atoms with Gasteiger partial charge in [-0.05, 0) is 0 Å². The molecule has 1 aliphatic rings. The summed E-state index contributed by atoms with van der Waals surface area (Å²) in [6, 6.07) is -0.812. The molecule has 5 nitrogen and oxygen atoms in total. The Hall–Kier alpha value is -1.62. The third-order valence-electron chi connectivity index (χ3n) is 1.65. The third-order valence-corrected chi connectivity index (χ3v) is 1.65. The molecule has 1 rings (SSSR count). The molecule has 0 aromatic heterocycles. The average molecular weight is 183 g/mol. The topological polar surface area (TPSA) is 86.6 Å². The Kier molecular flexibility index (Phi) is 2.81. The zero-order chi connectivity index (χ0) is 9.84.